The minimum atomic E-state index is -0.850. The van der Waals surface area contributed by atoms with Gasteiger partial charge in [-0.25, -0.2) is 9.07 Å². The number of rotatable bonds is 4. The molecule has 30 heavy (non-hydrogen) atoms. The molecule has 0 radical (unpaired) electrons. The van der Waals surface area contributed by atoms with E-state index in [4.69, 9.17) is 0 Å². The van der Waals surface area contributed by atoms with Gasteiger partial charge in [-0.2, -0.15) is 10.4 Å². The Kier molecular flexibility index (Phi) is 4.52. The van der Waals surface area contributed by atoms with Gasteiger partial charge in [-0.05, 0) is 67.5 Å². The molecule has 5 rings (SSSR count). The molecule has 1 fully saturated rings. The highest BCUT2D eigenvalue weighted by atomic mass is 19.1. The Balaban J connectivity index is 1.40. The minimum absolute atomic E-state index is 0.0394. The summed E-state index contributed by atoms with van der Waals surface area (Å²) in [5, 5.41) is 25.3. The highest BCUT2D eigenvalue weighted by Gasteiger charge is 2.45. The van der Waals surface area contributed by atoms with Gasteiger partial charge in [0.05, 0.1) is 28.7 Å². The summed E-state index contributed by atoms with van der Waals surface area (Å²) in [4.78, 5) is 0. The van der Waals surface area contributed by atoms with E-state index >= 15 is 0 Å². The molecule has 2 aliphatic carbocycles. The van der Waals surface area contributed by atoms with E-state index in [0.29, 0.717) is 24.8 Å². The van der Waals surface area contributed by atoms with Gasteiger partial charge in [-0.1, -0.05) is 35.9 Å². The molecule has 2 aromatic carbocycles. The summed E-state index contributed by atoms with van der Waals surface area (Å²) in [6.07, 6.45) is 7.35. The lowest BCUT2D eigenvalue weighted by Gasteiger charge is -2.32. The predicted molar refractivity (Wildman–Crippen MR) is 112 cm³/mol. The van der Waals surface area contributed by atoms with E-state index in [1.807, 2.05) is 47.3 Å². The summed E-state index contributed by atoms with van der Waals surface area (Å²) in [6.45, 7) is 0. The van der Waals surface area contributed by atoms with Gasteiger partial charge in [0.15, 0.2) is 0 Å². The first kappa shape index (κ1) is 18.8. The third kappa shape index (κ3) is 3.05. The molecule has 150 valence electrons. The van der Waals surface area contributed by atoms with Crippen LogP contribution in [0.4, 0.5) is 4.39 Å². The third-order valence-corrected chi connectivity index (χ3v) is 6.61. The Bertz CT molecular complexity index is 1170. The molecule has 5 heteroatoms. The molecular formula is C25H22FN3O. The number of nitrogens with zero attached hydrogens (tertiary/aromatic N) is 3. The standard InChI is InChI=1S/C25H22FN3O/c26-23-8-4-5-17(21(23)15-27)9-11-25(30)12-10-18-14-24-19(13-22(18)25)16-28-29(24)20-6-2-1-3-7-20/h1-8,14,16,22,30H,9-13H2/t22?,25-/m0/s1. The summed E-state index contributed by atoms with van der Waals surface area (Å²) in [7, 11) is 0. The quantitative estimate of drug-likeness (QED) is 0.698. The van der Waals surface area contributed by atoms with Crippen molar-refractivity contribution < 1.29 is 9.50 Å². The van der Waals surface area contributed by atoms with E-state index in [0.717, 1.165) is 29.8 Å². The number of aliphatic hydroxyl groups is 1. The van der Waals surface area contributed by atoms with Gasteiger partial charge >= 0.3 is 0 Å². The summed E-state index contributed by atoms with van der Waals surface area (Å²) >= 11 is 0. The van der Waals surface area contributed by atoms with Crippen molar-refractivity contribution in [2.24, 2.45) is 5.92 Å². The van der Waals surface area contributed by atoms with Crippen LogP contribution in [0.25, 0.3) is 11.8 Å². The monoisotopic (exact) mass is 399 g/mol. The van der Waals surface area contributed by atoms with E-state index in [9.17, 15) is 14.8 Å². The molecule has 1 aromatic heterocycles. The highest BCUT2D eigenvalue weighted by Crippen LogP contribution is 2.48. The first-order valence-corrected chi connectivity index (χ1v) is 10.3. The van der Waals surface area contributed by atoms with Crippen LogP contribution in [0.1, 0.15) is 41.6 Å². The highest BCUT2D eigenvalue weighted by molar-refractivity contribution is 5.61. The minimum Gasteiger partial charge on any atom is -0.389 e. The summed E-state index contributed by atoms with van der Waals surface area (Å²) in [5.74, 6) is -0.456. The number of aromatic nitrogens is 2. The van der Waals surface area contributed by atoms with Crippen molar-refractivity contribution in [2.75, 3.05) is 0 Å². The number of halogens is 1. The zero-order valence-electron chi connectivity index (χ0n) is 16.6. The molecule has 1 N–H and O–H groups in total. The molecule has 0 amide bonds. The fourth-order valence-corrected chi connectivity index (χ4v) is 4.97. The molecule has 2 atom stereocenters. The Labute approximate surface area is 174 Å². The number of fused-ring (bicyclic) bond motifs is 2. The number of hydrogen-bond acceptors (Lipinski definition) is 3. The van der Waals surface area contributed by atoms with Crippen LogP contribution >= 0.6 is 0 Å². The van der Waals surface area contributed by atoms with Crippen LogP contribution in [0.3, 0.4) is 0 Å². The maximum atomic E-state index is 13.9. The Morgan fingerprint density at radius 3 is 2.83 bits per heavy atom. The summed E-state index contributed by atoms with van der Waals surface area (Å²) < 4.78 is 15.9. The topological polar surface area (TPSA) is 61.8 Å². The first-order valence-electron chi connectivity index (χ1n) is 10.3. The van der Waals surface area contributed by atoms with Gasteiger partial charge in [0.2, 0.25) is 0 Å². The molecule has 1 saturated carbocycles. The van der Waals surface area contributed by atoms with Crippen LogP contribution in [0.2, 0.25) is 0 Å². The van der Waals surface area contributed by atoms with Gasteiger partial charge in [0, 0.05) is 5.92 Å². The van der Waals surface area contributed by atoms with Crippen molar-refractivity contribution in [3.63, 3.8) is 0 Å². The fourth-order valence-electron chi connectivity index (χ4n) is 4.97. The molecule has 0 spiro atoms. The van der Waals surface area contributed by atoms with Crippen molar-refractivity contribution in [1.29, 1.82) is 5.26 Å². The smallest absolute Gasteiger partial charge is 0.141 e. The van der Waals surface area contributed by atoms with Gasteiger partial charge in [-0.15, -0.1) is 0 Å². The van der Waals surface area contributed by atoms with E-state index < -0.39 is 11.4 Å². The van der Waals surface area contributed by atoms with Crippen molar-refractivity contribution in [3.8, 4) is 11.8 Å². The molecule has 1 heterocycles. The van der Waals surface area contributed by atoms with E-state index in [1.54, 1.807) is 12.1 Å². The maximum absolute atomic E-state index is 13.9. The maximum Gasteiger partial charge on any atom is 0.141 e. The van der Waals surface area contributed by atoms with Crippen molar-refractivity contribution >= 4 is 6.08 Å². The van der Waals surface area contributed by atoms with Crippen molar-refractivity contribution in [3.05, 3.63) is 88.5 Å². The van der Waals surface area contributed by atoms with E-state index in [2.05, 4.69) is 11.2 Å². The first-order chi connectivity index (χ1) is 14.6. The van der Waals surface area contributed by atoms with Gasteiger partial charge in [0.1, 0.15) is 11.9 Å². The number of hydrogen-bond donors (Lipinski definition) is 1. The molecule has 3 aromatic rings. The van der Waals surface area contributed by atoms with Gasteiger partial charge in [-0.3, -0.25) is 0 Å². The van der Waals surface area contributed by atoms with Crippen molar-refractivity contribution in [1.82, 2.24) is 9.78 Å². The van der Waals surface area contributed by atoms with Crippen LogP contribution in [0, 0.1) is 23.1 Å². The van der Waals surface area contributed by atoms with Crippen LogP contribution in [-0.2, 0) is 12.8 Å². The number of benzene rings is 2. The lowest BCUT2D eigenvalue weighted by Crippen LogP contribution is -2.36. The number of para-hydroxylation sites is 1. The second-order valence-corrected chi connectivity index (χ2v) is 8.27. The molecule has 1 unspecified atom stereocenters. The molecule has 0 aliphatic heterocycles. The molecule has 0 saturated heterocycles. The van der Waals surface area contributed by atoms with E-state index in [-0.39, 0.29) is 11.5 Å². The second-order valence-electron chi connectivity index (χ2n) is 8.27. The lowest BCUT2D eigenvalue weighted by molar-refractivity contribution is 0.00155. The van der Waals surface area contributed by atoms with Crippen molar-refractivity contribution in [2.45, 2.75) is 37.7 Å². The predicted octanol–water partition coefficient (Wildman–Crippen LogP) is 4.60. The molecule has 2 aliphatic rings. The molecular weight excluding hydrogens is 377 g/mol. The Morgan fingerprint density at radius 2 is 2.03 bits per heavy atom. The molecule has 4 nitrogen and oxygen atoms in total. The Hall–Kier alpha value is -3.23. The van der Waals surface area contributed by atoms with Gasteiger partial charge < -0.3 is 5.11 Å². The SMILES string of the molecule is N#Cc1c(F)cccc1CC[C@]1(O)CCC2=Cc3c(cnn3-c3ccccc3)CC21. The second kappa shape index (κ2) is 7.23. The number of nitriles is 1. The molecule has 0 bridgehead atoms. The lowest BCUT2D eigenvalue weighted by atomic mass is 9.77. The summed E-state index contributed by atoms with van der Waals surface area (Å²) in [6, 6.07) is 16.7. The average Bonchev–Trinajstić information content (AvgIpc) is 3.33. The van der Waals surface area contributed by atoms with Crippen LogP contribution < -0.4 is 0 Å². The fraction of sp³-hybridized carbons (Fsp3) is 0.280. The zero-order valence-corrected chi connectivity index (χ0v) is 16.6. The zero-order chi connectivity index (χ0) is 20.7. The average molecular weight is 399 g/mol. The third-order valence-electron chi connectivity index (χ3n) is 6.61. The van der Waals surface area contributed by atoms with Crippen LogP contribution in [-0.4, -0.2) is 20.5 Å². The van der Waals surface area contributed by atoms with Crippen LogP contribution in [0.15, 0.2) is 60.3 Å². The Morgan fingerprint density at radius 1 is 1.20 bits per heavy atom. The largest absolute Gasteiger partial charge is 0.389 e. The summed E-state index contributed by atoms with van der Waals surface area (Å²) in [5.41, 5.74) is 4.41. The normalized spacial score (nSPS) is 22.2. The van der Waals surface area contributed by atoms with Gasteiger partial charge in [0.25, 0.3) is 0 Å². The number of aryl methyl sites for hydroxylation is 1. The van der Waals surface area contributed by atoms with E-state index in [1.165, 1.54) is 11.6 Å². The van der Waals surface area contributed by atoms with Crippen LogP contribution in [0.5, 0.6) is 0 Å².